The number of hydrogen-bond acceptors (Lipinski definition) is 5. The summed E-state index contributed by atoms with van der Waals surface area (Å²) in [6.07, 6.45) is 1.66. The van der Waals surface area contributed by atoms with Crippen molar-refractivity contribution in [3.63, 3.8) is 0 Å². The highest BCUT2D eigenvalue weighted by Gasteiger charge is 2.13. The number of methoxy groups -OCH3 is 2. The lowest BCUT2D eigenvalue weighted by molar-refractivity contribution is -0.116. The summed E-state index contributed by atoms with van der Waals surface area (Å²) in [6, 6.07) is 8.21. The number of aromatic nitrogens is 1. The Morgan fingerprint density at radius 1 is 1.11 bits per heavy atom. The van der Waals surface area contributed by atoms with Crippen LogP contribution >= 0.6 is 0 Å². The fraction of sp³-hybridized carbons (Fsp3) is 0.200. The van der Waals surface area contributed by atoms with Gasteiger partial charge in [0.05, 0.1) is 26.0 Å². The van der Waals surface area contributed by atoms with E-state index in [-0.39, 0.29) is 36.0 Å². The number of ether oxygens (including phenoxy) is 2. The molecule has 0 aliphatic rings. The van der Waals surface area contributed by atoms with Crippen LogP contribution in [0.1, 0.15) is 12.3 Å². The van der Waals surface area contributed by atoms with E-state index < -0.39 is 11.6 Å². The smallest absolute Gasteiger partial charge is 0.224 e. The van der Waals surface area contributed by atoms with Crippen LogP contribution < -0.4 is 14.8 Å². The molecule has 8 heteroatoms. The Hall–Kier alpha value is -3.42. The SMILES string of the molecule is COc1cc(NC(=O)CCc2ncc(-c3ccc(F)cc3F)o2)cc(OC)c1. The molecule has 1 aromatic heterocycles. The first-order chi connectivity index (χ1) is 13.5. The van der Waals surface area contributed by atoms with Crippen molar-refractivity contribution < 1.29 is 27.5 Å². The summed E-state index contributed by atoms with van der Waals surface area (Å²) in [7, 11) is 3.04. The maximum Gasteiger partial charge on any atom is 0.224 e. The lowest BCUT2D eigenvalue weighted by Gasteiger charge is -2.09. The molecular formula is C20H18F2N2O4. The number of nitrogens with one attached hydrogen (secondary N) is 1. The van der Waals surface area contributed by atoms with Crippen molar-refractivity contribution in [3.8, 4) is 22.8 Å². The van der Waals surface area contributed by atoms with Crippen LogP contribution in [0.15, 0.2) is 47.0 Å². The largest absolute Gasteiger partial charge is 0.497 e. The summed E-state index contributed by atoms with van der Waals surface area (Å²) in [5.41, 5.74) is 0.635. The molecule has 1 N–H and O–H groups in total. The Labute approximate surface area is 160 Å². The third kappa shape index (κ3) is 4.64. The first kappa shape index (κ1) is 19.3. The van der Waals surface area contributed by atoms with Crippen molar-refractivity contribution in [2.75, 3.05) is 19.5 Å². The zero-order valence-corrected chi connectivity index (χ0v) is 15.3. The quantitative estimate of drug-likeness (QED) is 0.656. The fourth-order valence-corrected chi connectivity index (χ4v) is 2.56. The number of nitrogens with zero attached hydrogens (tertiary/aromatic N) is 1. The van der Waals surface area contributed by atoms with Gasteiger partial charge in [-0.15, -0.1) is 0 Å². The van der Waals surface area contributed by atoms with Gasteiger partial charge in [0.1, 0.15) is 23.1 Å². The normalized spacial score (nSPS) is 10.6. The topological polar surface area (TPSA) is 73.6 Å². The summed E-state index contributed by atoms with van der Waals surface area (Å²) in [4.78, 5) is 16.2. The maximum atomic E-state index is 13.8. The summed E-state index contributed by atoms with van der Waals surface area (Å²) < 4.78 is 42.6. The van der Waals surface area contributed by atoms with Crippen molar-refractivity contribution in [3.05, 3.63) is 60.1 Å². The second-order valence-corrected chi connectivity index (χ2v) is 5.89. The van der Waals surface area contributed by atoms with E-state index in [1.54, 1.807) is 18.2 Å². The molecule has 0 aliphatic carbocycles. The van der Waals surface area contributed by atoms with Crippen LogP contribution in [0.5, 0.6) is 11.5 Å². The van der Waals surface area contributed by atoms with E-state index in [2.05, 4.69) is 10.3 Å². The molecule has 0 fully saturated rings. The van der Waals surface area contributed by atoms with Gasteiger partial charge < -0.3 is 19.2 Å². The third-order valence-corrected chi connectivity index (χ3v) is 3.95. The number of amides is 1. The molecule has 0 unspecified atom stereocenters. The second kappa shape index (κ2) is 8.51. The Morgan fingerprint density at radius 2 is 1.82 bits per heavy atom. The molecule has 1 heterocycles. The predicted molar refractivity (Wildman–Crippen MR) is 98.4 cm³/mol. The molecule has 0 aliphatic heterocycles. The average molecular weight is 388 g/mol. The van der Waals surface area contributed by atoms with Gasteiger partial charge >= 0.3 is 0 Å². The van der Waals surface area contributed by atoms with Crippen LogP contribution in [0.25, 0.3) is 11.3 Å². The van der Waals surface area contributed by atoms with E-state index in [0.717, 1.165) is 12.1 Å². The highest BCUT2D eigenvalue weighted by atomic mass is 19.1. The molecule has 6 nitrogen and oxygen atoms in total. The van der Waals surface area contributed by atoms with Gasteiger partial charge in [-0.25, -0.2) is 13.8 Å². The number of carbonyl (C=O) groups is 1. The first-order valence-electron chi connectivity index (χ1n) is 8.41. The Morgan fingerprint density at radius 3 is 2.46 bits per heavy atom. The van der Waals surface area contributed by atoms with E-state index in [9.17, 15) is 13.6 Å². The zero-order chi connectivity index (χ0) is 20.1. The summed E-state index contributed by atoms with van der Waals surface area (Å²) in [6.45, 7) is 0. The van der Waals surface area contributed by atoms with Crippen LogP contribution in [0.4, 0.5) is 14.5 Å². The van der Waals surface area contributed by atoms with E-state index in [1.165, 1.54) is 26.5 Å². The van der Waals surface area contributed by atoms with Crippen molar-refractivity contribution in [2.24, 2.45) is 0 Å². The number of oxazole rings is 1. The van der Waals surface area contributed by atoms with E-state index >= 15 is 0 Å². The monoisotopic (exact) mass is 388 g/mol. The summed E-state index contributed by atoms with van der Waals surface area (Å²) >= 11 is 0. The molecule has 2 aromatic carbocycles. The Kier molecular flexibility index (Phi) is 5.88. The van der Waals surface area contributed by atoms with Crippen LogP contribution in [0.3, 0.4) is 0 Å². The fourth-order valence-electron chi connectivity index (χ4n) is 2.56. The molecular weight excluding hydrogens is 370 g/mol. The van der Waals surface area contributed by atoms with Crippen molar-refractivity contribution in [1.82, 2.24) is 4.98 Å². The number of benzene rings is 2. The average Bonchev–Trinajstić information content (AvgIpc) is 3.14. The molecule has 0 radical (unpaired) electrons. The van der Waals surface area contributed by atoms with Gasteiger partial charge in [-0.1, -0.05) is 0 Å². The number of carbonyl (C=O) groups excluding carboxylic acids is 1. The second-order valence-electron chi connectivity index (χ2n) is 5.89. The van der Waals surface area contributed by atoms with Gasteiger partial charge in [0.2, 0.25) is 5.91 Å². The number of anilines is 1. The molecule has 0 spiro atoms. The highest BCUT2D eigenvalue weighted by molar-refractivity contribution is 5.91. The van der Waals surface area contributed by atoms with Crippen LogP contribution in [-0.4, -0.2) is 25.1 Å². The van der Waals surface area contributed by atoms with Gasteiger partial charge in [-0.2, -0.15) is 0 Å². The number of aryl methyl sites for hydroxylation is 1. The number of hydrogen-bond donors (Lipinski definition) is 1. The lowest BCUT2D eigenvalue weighted by Crippen LogP contribution is -2.12. The molecule has 1 amide bonds. The maximum absolute atomic E-state index is 13.8. The minimum atomic E-state index is -0.743. The van der Waals surface area contributed by atoms with Crippen LogP contribution in [0, 0.1) is 11.6 Å². The molecule has 28 heavy (non-hydrogen) atoms. The molecule has 0 atom stereocenters. The summed E-state index contributed by atoms with van der Waals surface area (Å²) in [5.74, 6) is -0.133. The minimum absolute atomic E-state index is 0.103. The first-order valence-corrected chi connectivity index (χ1v) is 8.41. The third-order valence-electron chi connectivity index (χ3n) is 3.95. The van der Waals surface area contributed by atoms with Crippen LogP contribution in [-0.2, 0) is 11.2 Å². The molecule has 3 aromatic rings. The minimum Gasteiger partial charge on any atom is -0.497 e. The molecule has 146 valence electrons. The van der Waals surface area contributed by atoms with Gasteiger partial charge in [-0.05, 0) is 12.1 Å². The number of rotatable bonds is 7. The molecule has 0 bridgehead atoms. The molecule has 0 saturated carbocycles. The predicted octanol–water partition coefficient (Wildman–Crippen LogP) is 4.21. The van der Waals surface area contributed by atoms with E-state index in [4.69, 9.17) is 13.9 Å². The van der Waals surface area contributed by atoms with E-state index in [1.807, 2.05) is 0 Å². The lowest BCUT2D eigenvalue weighted by atomic mass is 10.2. The summed E-state index contributed by atoms with van der Waals surface area (Å²) in [5, 5.41) is 2.75. The Balaban J connectivity index is 1.62. The Bertz CT molecular complexity index is 966. The van der Waals surface area contributed by atoms with Gasteiger partial charge in [0.25, 0.3) is 0 Å². The highest BCUT2D eigenvalue weighted by Crippen LogP contribution is 2.26. The van der Waals surface area contributed by atoms with Crippen molar-refractivity contribution >= 4 is 11.6 Å². The van der Waals surface area contributed by atoms with Gasteiger partial charge in [0, 0.05) is 42.8 Å². The van der Waals surface area contributed by atoms with E-state index in [0.29, 0.717) is 17.2 Å². The molecule has 0 saturated heterocycles. The number of halogens is 2. The van der Waals surface area contributed by atoms with Crippen molar-refractivity contribution in [2.45, 2.75) is 12.8 Å². The molecule has 3 rings (SSSR count). The van der Waals surface area contributed by atoms with Crippen molar-refractivity contribution in [1.29, 1.82) is 0 Å². The zero-order valence-electron chi connectivity index (χ0n) is 15.3. The van der Waals surface area contributed by atoms with Gasteiger partial charge in [0.15, 0.2) is 11.7 Å². The van der Waals surface area contributed by atoms with Gasteiger partial charge in [-0.3, -0.25) is 4.79 Å². The van der Waals surface area contributed by atoms with Crippen LogP contribution in [0.2, 0.25) is 0 Å². The standard InChI is InChI=1S/C20H18F2N2O4/c1-26-14-8-13(9-15(10-14)27-2)24-19(25)5-6-20-23-11-18(28-20)16-4-3-12(21)7-17(16)22/h3-4,7-11H,5-6H2,1-2H3,(H,24,25).